The number of nitrogens with one attached hydrogen (secondary N) is 1. The van der Waals surface area contributed by atoms with Crippen molar-refractivity contribution in [3.05, 3.63) is 53.1 Å². The molecule has 2 aromatic rings. The number of nitrogens with zero attached hydrogens (tertiary/aromatic N) is 1. The van der Waals surface area contributed by atoms with Gasteiger partial charge in [0.05, 0.1) is 10.7 Å². The summed E-state index contributed by atoms with van der Waals surface area (Å²) in [5.74, 6) is -0.322. The van der Waals surface area contributed by atoms with Gasteiger partial charge in [0.25, 0.3) is 0 Å². The Balaban J connectivity index is 2.02. The molecule has 1 aromatic heterocycles. The first-order chi connectivity index (χ1) is 8.19. The molecule has 2 rings (SSSR count). The highest BCUT2D eigenvalue weighted by Crippen LogP contribution is 2.22. The normalized spacial score (nSPS) is 10.5. The zero-order chi connectivity index (χ0) is 12.3. The highest BCUT2D eigenvalue weighted by Gasteiger charge is 2.02. The molecule has 0 spiro atoms. The van der Waals surface area contributed by atoms with Crippen LogP contribution in [0.15, 0.2) is 36.7 Å². The fraction of sp³-hybridized carbons (Fsp3) is 0.231. The Morgan fingerprint density at radius 3 is 2.82 bits per heavy atom. The van der Waals surface area contributed by atoms with Gasteiger partial charge in [-0.25, -0.2) is 4.39 Å². The zero-order valence-corrected chi connectivity index (χ0v) is 10.3. The highest BCUT2D eigenvalue weighted by atomic mass is 35.5. The molecule has 0 fully saturated rings. The second-order valence-corrected chi connectivity index (χ2v) is 4.24. The predicted octanol–water partition coefficient (Wildman–Crippen LogP) is 3.91. The molecule has 0 unspecified atom stereocenters. The summed E-state index contributed by atoms with van der Waals surface area (Å²) in [7, 11) is 0. The van der Waals surface area contributed by atoms with Crippen molar-refractivity contribution in [3.8, 4) is 0 Å². The number of halogens is 2. The minimum atomic E-state index is -0.322. The van der Waals surface area contributed by atoms with Crippen LogP contribution in [0, 0.1) is 5.82 Å². The van der Waals surface area contributed by atoms with Crippen LogP contribution < -0.4 is 5.32 Å². The Morgan fingerprint density at radius 2 is 2.18 bits per heavy atom. The van der Waals surface area contributed by atoms with Gasteiger partial charge in [0.1, 0.15) is 5.82 Å². The Labute approximate surface area is 105 Å². The third-order valence-corrected chi connectivity index (χ3v) is 2.90. The molecular weight excluding hydrogens is 239 g/mol. The van der Waals surface area contributed by atoms with Gasteiger partial charge in [-0.05, 0) is 36.8 Å². The van der Waals surface area contributed by atoms with Crippen molar-refractivity contribution in [2.45, 2.75) is 20.0 Å². The highest BCUT2D eigenvalue weighted by molar-refractivity contribution is 6.33. The Kier molecular flexibility index (Phi) is 3.69. The molecule has 0 radical (unpaired) electrons. The molecule has 0 saturated carbocycles. The minimum Gasteiger partial charge on any atom is -0.380 e. The number of hydrogen-bond donors (Lipinski definition) is 1. The van der Waals surface area contributed by atoms with Crippen LogP contribution in [0.25, 0.3) is 0 Å². The van der Waals surface area contributed by atoms with E-state index >= 15 is 0 Å². The van der Waals surface area contributed by atoms with Gasteiger partial charge in [0.2, 0.25) is 0 Å². The van der Waals surface area contributed by atoms with E-state index < -0.39 is 0 Å². The van der Waals surface area contributed by atoms with E-state index in [1.807, 2.05) is 12.3 Å². The van der Waals surface area contributed by atoms with E-state index in [1.165, 1.54) is 17.7 Å². The van der Waals surface area contributed by atoms with Gasteiger partial charge in [0, 0.05) is 25.5 Å². The number of rotatable bonds is 4. The van der Waals surface area contributed by atoms with Crippen molar-refractivity contribution in [2.75, 3.05) is 5.32 Å². The monoisotopic (exact) mass is 252 g/mol. The van der Waals surface area contributed by atoms with Gasteiger partial charge < -0.3 is 9.88 Å². The maximum atomic E-state index is 12.8. The summed E-state index contributed by atoms with van der Waals surface area (Å²) in [6.07, 6.45) is 4.10. The average molecular weight is 253 g/mol. The predicted molar refractivity (Wildman–Crippen MR) is 68.8 cm³/mol. The molecule has 0 amide bonds. The summed E-state index contributed by atoms with van der Waals surface area (Å²) in [6, 6.07) is 6.40. The Morgan fingerprint density at radius 1 is 1.35 bits per heavy atom. The van der Waals surface area contributed by atoms with Crippen molar-refractivity contribution in [1.29, 1.82) is 0 Å². The van der Waals surface area contributed by atoms with Crippen LogP contribution in [-0.4, -0.2) is 4.57 Å². The first kappa shape index (κ1) is 12.0. The second-order valence-electron chi connectivity index (χ2n) is 3.83. The molecule has 1 aromatic carbocycles. The molecule has 0 atom stereocenters. The van der Waals surface area contributed by atoms with E-state index in [2.05, 4.69) is 23.0 Å². The lowest BCUT2D eigenvalue weighted by atomic mass is 10.3. The van der Waals surface area contributed by atoms with Crippen LogP contribution >= 0.6 is 11.6 Å². The SMILES string of the molecule is CCn1ccc(CNc2ccc(F)cc2Cl)c1. The van der Waals surface area contributed by atoms with E-state index in [1.54, 1.807) is 6.07 Å². The minimum absolute atomic E-state index is 0.322. The van der Waals surface area contributed by atoms with E-state index in [-0.39, 0.29) is 5.82 Å². The maximum Gasteiger partial charge on any atom is 0.124 e. The smallest absolute Gasteiger partial charge is 0.124 e. The van der Waals surface area contributed by atoms with Gasteiger partial charge in [-0.3, -0.25) is 0 Å². The topological polar surface area (TPSA) is 17.0 Å². The second kappa shape index (κ2) is 5.23. The van der Waals surface area contributed by atoms with Crippen molar-refractivity contribution in [1.82, 2.24) is 4.57 Å². The quantitative estimate of drug-likeness (QED) is 0.873. The molecule has 0 aliphatic rings. The molecule has 2 nitrogen and oxygen atoms in total. The first-order valence-electron chi connectivity index (χ1n) is 5.52. The van der Waals surface area contributed by atoms with Gasteiger partial charge in [0.15, 0.2) is 0 Å². The lowest BCUT2D eigenvalue weighted by molar-refractivity contribution is 0.628. The summed E-state index contributed by atoms with van der Waals surface area (Å²) in [5.41, 5.74) is 1.92. The number of aryl methyl sites for hydroxylation is 1. The van der Waals surface area contributed by atoms with E-state index in [4.69, 9.17) is 11.6 Å². The Hall–Kier alpha value is -1.48. The van der Waals surface area contributed by atoms with Crippen molar-refractivity contribution in [2.24, 2.45) is 0 Å². The zero-order valence-electron chi connectivity index (χ0n) is 9.58. The van der Waals surface area contributed by atoms with Gasteiger partial charge in [-0.2, -0.15) is 0 Å². The van der Waals surface area contributed by atoms with Crippen LogP contribution in [0.3, 0.4) is 0 Å². The number of anilines is 1. The Bertz CT molecular complexity index is 508. The molecule has 1 N–H and O–H groups in total. The lowest BCUT2D eigenvalue weighted by Crippen LogP contribution is -1.99. The first-order valence-corrected chi connectivity index (χ1v) is 5.90. The van der Waals surface area contributed by atoms with E-state index in [0.717, 1.165) is 12.2 Å². The fourth-order valence-electron chi connectivity index (χ4n) is 1.62. The molecule has 17 heavy (non-hydrogen) atoms. The fourth-order valence-corrected chi connectivity index (χ4v) is 1.86. The van der Waals surface area contributed by atoms with Crippen molar-refractivity contribution in [3.63, 3.8) is 0 Å². The van der Waals surface area contributed by atoms with Gasteiger partial charge in [-0.15, -0.1) is 0 Å². The largest absolute Gasteiger partial charge is 0.380 e. The standard InChI is InChI=1S/C13H14ClFN2/c1-2-17-6-5-10(9-17)8-16-13-4-3-11(15)7-12(13)14/h3-7,9,16H,2,8H2,1H3. The average Bonchev–Trinajstić information content (AvgIpc) is 2.76. The molecule has 0 aliphatic carbocycles. The molecule has 1 heterocycles. The summed E-state index contributed by atoms with van der Waals surface area (Å²) >= 11 is 5.92. The third kappa shape index (κ3) is 3.01. The van der Waals surface area contributed by atoms with Gasteiger partial charge in [-0.1, -0.05) is 11.6 Å². The van der Waals surface area contributed by atoms with Crippen LogP contribution in [0.1, 0.15) is 12.5 Å². The van der Waals surface area contributed by atoms with Crippen LogP contribution in [0.2, 0.25) is 5.02 Å². The van der Waals surface area contributed by atoms with Crippen molar-refractivity contribution >= 4 is 17.3 Å². The maximum absolute atomic E-state index is 12.8. The van der Waals surface area contributed by atoms with E-state index in [9.17, 15) is 4.39 Å². The van der Waals surface area contributed by atoms with Gasteiger partial charge >= 0.3 is 0 Å². The van der Waals surface area contributed by atoms with Crippen LogP contribution in [0.5, 0.6) is 0 Å². The molecular formula is C13H14ClFN2. The van der Waals surface area contributed by atoms with Crippen molar-refractivity contribution < 1.29 is 4.39 Å². The molecule has 4 heteroatoms. The summed E-state index contributed by atoms with van der Waals surface area (Å²) in [4.78, 5) is 0. The van der Waals surface area contributed by atoms with Crippen LogP contribution in [0.4, 0.5) is 10.1 Å². The third-order valence-electron chi connectivity index (χ3n) is 2.59. The summed E-state index contributed by atoms with van der Waals surface area (Å²) in [5, 5.41) is 3.58. The lowest BCUT2D eigenvalue weighted by Gasteiger charge is -2.07. The number of aromatic nitrogens is 1. The summed E-state index contributed by atoms with van der Waals surface area (Å²) < 4.78 is 14.9. The molecule has 90 valence electrons. The molecule has 0 saturated heterocycles. The molecule has 0 aliphatic heterocycles. The molecule has 0 bridgehead atoms. The number of benzene rings is 1. The summed E-state index contributed by atoms with van der Waals surface area (Å²) in [6.45, 7) is 3.73. The van der Waals surface area contributed by atoms with Crippen LogP contribution in [-0.2, 0) is 13.1 Å². The number of hydrogen-bond acceptors (Lipinski definition) is 1. The van der Waals surface area contributed by atoms with E-state index in [0.29, 0.717) is 11.6 Å².